The molecule has 3 heteroatoms. The van der Waals surface area contributed by atoms with Crippen molar-refractivity contribution in [3.63, 3.8) is 0 Å². The number of hydrogen-bond donors (Lipinski definition) is 1. The monoisotopic (exact) mass is 295 g/mol. The van der Waals surface area contributed by atoms with Crippen LogP contribution < -0.4 is 0 Å². The molecular formula is C18H33NO2. The molecule has 1 aliphatic carbocycles. The zero-order valence-electron chi connectivity index (χ0n) is 14.3. The van der Waals surface area contributed by atoms with Gasteiger partial charge in [-0.05, 0) is 72.9 Å². The zero-order valence-corrected chi connectivity index (χ0v) is 14.3. The van der Waals surface area contributed by atoms with E-state index in [1.807, 2.05) is 0 Å². The summed E-state index contributed by atoms with van der Waals surface area (Å²) in [4.78, 5) is 2.62. The molecule has 1 saturated carbocycles. The van der Waals surface area contributed by atoms with Crippen molar-refractivity contribution >= 4 is 0 Å². The van der Waals surface area contributed by atoms with Gasteiger partial charge in [-0.2, -0.15) is 0 Å². The molecule has 2 aliphatic heterocycles. The maximum absolute atomic E-state index is 11.4. The fraction of sp³-hybridized carbons (Fsp3) is 1.00. The molecular weight excluding hydrogens is 262 g/mol. The lowest BCUT2D eigenvalue weighted by Crippen LogP contribution is -2.58. The van der Waals surface area contributed by atoms with Crippen LogP contribution in [0.3, 0.4) is 0 Å². The predicted molar refractivity (Wildman–Crippen MR) is 85.4 cm³/mol. The zero-order chi connectivity index (χ0) is 15.3. The maximum atomic E-state index is 11.4. The molecule has 3 aliphatic rings. The second kappa shape index (κ2) is 5.21. The number of rotatable bonds is 3. The second-order valence-electron chi connectivity index (χ2n) is 8.73. The summed E-state index contributed by atoms with van der Waals surface area (Å²) in [6.45, 7) is 11.0. The summed E-state index contributed by atoms with van der Waals surface area (Å²) in [7, 11) is 0. The van der Waals surface area contributed by atoms with Gasteiger partial charge in [0.05, 0.1) is 17.3 Å². The molecule has 0 aromatic heterocycles. The molecule has 2 atom stereocenters. The van der Waals surface area contributed by atoms with Crippen molar-refractivity contribution in [1.82, 2.24) is 4.90 Å². The molecule has 2 saturated heterocycles. The Balaban J connectivity index is 1.86. The van der Waals surface area contributed by atoms with E-state index < -0.39 is 0 Å². The predicted octanol–water partition coefficient (Wildman–Crippen LogP) is 3.35. The molecule has 0 aromatic rings. The maximum Gasteiger partial charge on any atom is 0.0780 e. The molecule has 0 spiro atoms. The van der Waals surface area contributed by atoms with Gasteiger partial charge in [0, 0.05) is 11.5 Å². The number of likely N-dealkylation sites (tertiary alicyclic amines) is 1. The summed E-state index contributed by atoms with van der Waals surface area (Å²) < 4.78 is 6.26. The molecule has 2 heterocycles. The molecule has 0 radical (unpaired) electrons. The standard InChI is InChI=1S/C18H33NO2/c1-16(2)13-14(17(3,4)21-16)15(20)18(9-5-6-10-18)19-11-7-8-12-19/h14-15,20H,5-13H2,1-4H3. The average molecular weight is 295 g/mol. The van der Waals surface area contributed by atoms with Crippen molar-refractivity contribution < 1.29 is 9.84 Å². The highest BCUT2D eigenvalue weighted by molar-refractivity contribution is 5.09. The molecule has 1 N–H and O–H groups in total. The van der Waals surface area contributed by atoms with Crippen molar-refractivity contribution in [2.45, 2.75) is 95.5 Å². The number of aliphatic hydroxyl groups is 1. The fourth-order valence-electron chi connectivity index (χ4n) is 5.42. The van der Waals surface area contributed by atoms with Crippen LogP contribution in [0.15, 0.2) is 0 Å². The van der Waals surface area contributed by atoms with Crippen LogP contribution in [-0.2, 0) is 4.74 Å². The Bertz CT molecular complexity index is 379. The highest BCUT2D eigenvalue weighted by Crippen LogP contribution is 2.50. The van der Waals surface area contributed by atoms with Gasteiger partial charge in [-0.15, -0.1) is 0 Å². The number of hydrogen-bond acceptors (Lipinski definition) is 3. The van der Waals surface area contributed by atoms with E-state index in [1.54, 1.807) is 0 Å². The Morgan fingerprint density at radius 3 is 2.05 bits per heavy atom. The highest BCUT2D eigenvalue weighted by Gasteiger charge is 2.56. The van der Waals surface area contributed by atoms with Gasteiger partial charge in [0.2, 0.25) is 0 Å². The molecule has 0 amide bonds. The summed E-state index contributed by atoms with van der Waals surface area (Å²) in [5, 5.41) is 11.4. The van der Waals surface area contributed by atoms with Crippen molar-refractivity contribution in [3.8, 4) is 0 Å². The van der Waals surface area contributed by atoms with E-state index in [1.165, 1.54) is 51.6 Å². The first-order valence-corrected chi connectivity index (χ1v) is 8.90. The summed E-state index contributed by atoms with van der Waals surface area (Å²) in [5.41, 5.74) is -0.305. The normalized spacial score (nSPS) is 36.1. The van der Waals surface area contributed by atoms with E-state index in [0.717, 1.165) is 6.42 Å². The van der Waals surface area contributed by atoms with Gasteiger partial charge in [-0.1, -0.05) is 12.8 Å². The Kier molecular flexibility index (Phi) is 3.91. The first-order chi connectivity index (χ1) is 9.77. The summed E-state index contributed by atoms with van der Waals surface area (Å²) in [6, 6.07) is 0. The van der Waals surface area contributed by atoms with Gasteiger partial charge in [0.1, 0.15) is 0 Å². The fourth-order valence-corrected chi connectivity index (χ4v) is 5.42. The molecule has 2 unspecified atom stereocenters. The third-order valence-corrected chi connectivity index (χ3v) is 6.28. The third-order valence-electron chi connectivity index (χ3n) is 6.28. The van der Waals surface area contributed by atoms with Crippen molar-refractivity contribution in [2.75, 3.05) is 13.1 Å². The summed E-state index contributed by atoms with van der Waals surface area (Å²) in [5.74, 6) is 0.242. The van der Waals surface area contributed by atoms with E-state index in [2.05, 4.69) is 32.6 Å². The molecule has 3 rings (SSSR count). The van der Waals surface area contributed by atoms with Crippen LogP contribution in [0, 0.1) is 5.92 Å². The minimum absolute atomic E-state index is 0.0300. The van der Waals surface area contributed by atoms with E-state index in [0.29, 0.717) is 0 Å². The van der Waals surface area contributed by atoms with E-state index in [9.17, 15) is 5.11 Å². The smallest absolute Gasteiger partial charge is 0.0780 e. The molecule has 3 fully saturated rings. The minimum Gasteiger partial charge on any atom is -0.391 e. The van der Waals surface area contributed by atoms with E-state index >= 15 is 0 Å². The summed E-state index contributed by atoms with van der Waals surface area (Å²) >= 11 is 0. The van der Waals surface area contributed by atoms with Crippen LogP contribution in [0.25, 0.3) is 0 Å². The minimum atomic E-state index is -0.255. The third kappa shape index (κ3) is 2.66. The van der Waals surface area contributed by atoms with Crippen LogP contribution in [0.1, 0.15) is 72.6 Å². The van der Waals surface area contributed by atoms with Crippen molar-refractivity contribution in [3.05, 3.63) is 0 Å². The van der Waals surface area contributed by atoms with Crippen LogP contribution >= 0.6 is 0 Å². The van der Waals surface area contributed by atoms with E-state index in [4.69, 9.17) is 4.74 Å². The van der Waals surface area contributed by atoms with E-state index in [-0.39, 0.29) is 28.8 Å². The van der Waals surface area contributed by atoms with Gasteiger partial charge in [-0.25, -0.2) is 0 Å². The lowest BCUT2D eigenvalue weighted by Gasteiger charge is -2.47. The number of nitrogens with zero attached hydrogens (tertiary/aromatic N) is 1. The summed E-state index contributed by atoms with van der Waals surface area (Å²) in [6.07, 6.45) is 8.18. The van der Waals surface area contributed by atoms with Gasteiger partial charge in [-0.3, -0.25) is 4.90 Å². The Morgan fingerprint density at radius 2 is 1.57 bits per heavy atom. The van der Waals surface area contributed by atoms with Crippen LogP contribution in [0.2, 0.25) is 0 Å². The molecule has 0 aromatic carbocycles. The molecule has 21 heavy (non-hydrogen) atoms. The van der Waals surface area contributed by atoms with Gasteiger partial charge >= 0.3 is 0 Å². The quantitative estimate of drug-likeness (QED) is 0.866. The van der Waals surface area contributed by atoms with Crippen molar-refractivity contribution in [2.24, 2.45) is 5.92 Å². The lowest BCUT2D eigenvalue weighted by molar-refractivity contribution is -0.113. The molecule has 3 nitrogen and oxygen atoms in total. The number of aliphatic hydroxyl groups excluding tert-OH is 1. The largest absolute Gasteiger partial charge is 0.391 e. The highest BCUT2D eigenvalue weighted by atomic mass is 16.5. The van der Waals surface area contributed by atoms with Gasteiger partial charge in [0.25, 0.3) is 0 Å². The first-order valence-electron chi connectivity index (χ1n) is 8.90. The Hall–Kier alpha value is -0.120. The van der Waals surface area contributed by atoms with Crippen LogP contribution in [-0.4, -0.2) is 45.9 Å². The second-order valence-corrected chi connectivity index (χ2v) is 8.73. The van der Waals surface area contributed by atoms with Crippen molar-refractivity contribution in [1.29, 1.82) is 0 Å². The van der Waals surface area contributed by atoms with Gasteiger partial charge < -0.3 is 9.84 Å². The van der Waals surface area contributed by atoms with Gasteiger partial charge in [0.15, 0.2) is 0 Å². The lowest BCUT2D eigenvalue weighted by atomic mass is 9.73. The van der Waals surface area contributed by atoms with Crippen LogP contribution in [0.4, 0.5) is 0 Å². The molecule has 122 valence electrons. The number of ether oxygens (including phenoxy) is 1. The Morgan fingerprint density at radius 1 is 1.00 bits per heavy atom. The topological polar surface area (TPSA) is 32.7 Å². The first kappa shape index (κ1) is 15.8. The SMILES string of the molecule is CC1(C)CC(C(O)C2(N3CCCC3)CCCC2)C(C)(C)O1. The molecule has 0 bridgehead atoms. The Labute approximate surface area is 130 Å². The van der Waals surface area contributed by atoms with Crippen LogP contribution in [0.5, 0.6) is 0 Å². The average Bonchev–Trinajstić information content (AvgIpc) is 3.06.